The van der Waals surface area contributed by atoms with E-state index in [1.165, 1.54) is 5.56 Å². The van der Waals surface area contributed by atoms with Crippen LogP contribution in [0.15, 0.2) is 28.7 Å². The van der Waals surface area contributed by atoms with Crippen LogP contribution in [0.25, 0.3) is 0 Å². The summed E-state index contributed by atoms with van der Waals surface area (Å²) >= 11 is 3.47. The monoisotopic (exact) mass is 339 g/mol. The van der Waals surface area contributed by atoms with Gasteiger partial charge < -0.3 is 11.1 Å². The first-order valence-electron chi connectivity index (χ1n) is 7.02. The third-order valence-corrected chi connectivity index (χ3v) is 4.07. The van der Waals surface area contributed by atoms with Crippen LogP contribution in [0.4, 0.5) is 0 Å². The predicted molar refractivity (Wildman–Crippen MR) is 84.2 cm³/mol. The van der Waals surface area contributed by atoms with Crippen LogP contribution in [0.5, 0.6) is 0 Å². The van der Waals surface area contributed by atoms with Gasteiger partial charge in [-0.25, -0.2) is 0 Å². The standard InChI is InChI=1S/C15H22BrN3O/c1-19(10-11-3-2-4-12(16)7-11)14(9-17)8-15(20)18-13-5-6-13/h2-4,7,13-14H,5-6,8-10,17H2,1H3,(H,18,20). The Balaban J connectivity index is 1.87. The Kier molecular flexibility index (Phi) is 5.57. The molecule has 1 saturated carbocycles. The molecule has 1 aliphatic carbocycles. The normalized spacial score (nSPS) is 16.2. The number of halogens is 1. The van der Waals surface area contributed by atoms with Gasteiger partial charge in [-0.2, -0.15) is 0 Å². The highest BCUT2D eigenvalue weighted by Gasteiger charge is 2.25. The quantitative estimate of drug-likeness (QED) is 0.797. The summed E-state index contributed by atoms with van der Waals surface area (Å²) < 4.78 is 1.07. The summed E-state index contributed by atoms with van der Waals surface area (Å²) in [5.74, 6) is 0.115. The molecular weight excluding hydrogens is 318 g/mol. The molecule has 0 spiro atoms. The van der Waals surface area contributed by atoms with Gasteiger partial charge in [0.25, 0.3) is 0 Å². The first kappa shape index (κ1) is 15.5. The zero-order chi connectivity index (χ0) is 14.5. The van der Waals surface area contributed by atoms with Gasteiger partial charge in [-0.15, -0.1) is 0 Å². The van der Waals surface area contributed by atoms with Crippen molar-refractivity contribution in [1.82, 2.24) is 10.2 Å². The largest absolute Gasteiger partial charge is 0.353 e. The van der Waals surface area contributed by atoms with E-state index in [0.717, 1.165) is 23.9 Å². The Morgan fingerprint density at radius 1 is 1.55 bits per heavy atom. The number of hydrogen-bond donors (Lipinski definition) is 2. The zero-order valence-electron chi connectivity index (χ0n) is 11.8. The Hall–Kier alpha value is -0.910. The number of amides is 1. The summed E-state index contributed by atoms with van der Waals surface area (Å²) in [5, 5.41) is 3.02. The number of hydrogen-bond acceptors (Lipinski definition) is 3. The molecule has 0 heterocycles. The van der Waals surface area contributed by atoms with E-state index < -0.39 is 0 Å². The van der Waals surface area contributed by atoms with E-state index in [9.17, 15) is 4.79 Å². The Labute approximate surface area is 128 Å². The van der Waals surface area contributed by atoms with Crippen molar-refractivity contribution in [2.75, 3.05) is 13.6 Å². The number of benzene rings is 1. The summed E-state index contributed by atoms with van der Waals surface area (Å²) in [6, 6.07) is 8.69. The second-order valence-electron chi connectivity index (χ2n) is 5.48. The first-order chi connectivity index (χ1) is 9.58. The van der Waals surface area contributed by atoms with Gasteiger partial charge in [0.15, 0.2) is 0 Å². The second kappa shape index (κ2) is 7.20. The highest BCUT2D eigenvalue weighted by molar-refractivity contribution is 9.10. The third kappa shape index (κ3) is 4.89. The van der Waals surface area contributed by atoms with Crippen molar-refractivity contribution in [1.29, 1.82) is 0 Å². The molecule has 1 atom stereocenters. The van der Waals surface area contributed by atoms with Crippen LogP contribution in [0.3, 0.4) is 0 Å². The van der Waals surface area contributed by atoms with Gasteiger partial charge in [0, 0.05) is 36.1 Å². The van der Waals surface area contributed by atoms with E-state index in [4.69, 9.17) is 5.73 Å². The number of likely N-dealkylation sites (N-methyl/N-ethyl adjacent to an activating group) is 1. The second-order valence-corrected chi connectivity index (χ2v) is 6.40. The molecule has 5 heteroatoms. The Morgan fingerprint density at radius 2 is 2.30 bits per heavy atom. The average Bonchev–Trinajstić information content (AvgIpc) is 3.19. The van der Waals surface area contributed by atoms with E-state index >= 15 is 0 Å². The smallest absolute Gasteiger partial charge is 0.221 e. The molecule has 0 aromatic heterocycles. The molecule has 1 aromatic rings. The maximum atomic E-state index is 11.9. The maximum absolute atomic E-state index is 11.9. The fourth-order valence-electron chi connectivity index (χ4n) is 2.20. The summed E-state index contributed by atoms with van der Waals surface area (Å²) in [4.78, 5) is 14.0. The Morgan fingerprint density at radius 3 is 2.90 bits per heavy atom. The number of nitrogens with two attached hydrogens (primary N) is 1. The fraction of sp³-hybridized carbons (Fsp3) is 0.533. The molecule has 3 N–H and O–H groups in total. The van der Waals surface area contributed by atoms with Crippen molar-refractivity contribution < 1.29 is 4.79 Å². The van der Waals surface area contributed by atoms with Crippen LogP contribution in [0.2, 0.25) is 0 Å². The molecule has 20 heavy (non-hydrogen) atoms. The molecule has 1 amide bonds. The lowest BCUT2D eigenvalue weighted by atomic mass is 10.1. The molecule has 110 valence electrons. The number of carbonyl (C=O) groups is 1. The van der Waals surface area contributed by atoms with Crippen molar-refractivity contribution in [3.8, 4) is 0 Å². The molecule has 1 fully saturated rings. The number of rotatable bonds is 7. The molecule has 1 aromatic carbocycles. The van der Waals surface area contributed by atoms with Gasteiger partial charge in [0.1, 0.15) is 0 Å². The van der Waals surface area contributed by atoms with Crippen molar-refractivity contribution in [2.45, 2.75) is 37.9 Å². The highest BCUT2D eigenvalue weighted by Crippen LogP contribution is 2.19. The van der Waals surface area contributed by atoms with E-state index in [1.54, 1.807) is 0 Å². The maximum Gasteiger partial charge on any atom is 0.221 e. The van der Waals surface area contributed by atoms with E-state index in [0.29, 0.717) is 19.0 Å². The van der Waals surface area contributed by atoms with E-state index in [1.807, 2.05) is 19.2 Å². The lowest BCUT2D eigenvalue weighted by Gasteiger charge is -2.26. The number of nitrogens with one attached hydrogen (secondary N) is 1. The number of carbonyl (C=O) groups excluding carboxylic acids is 1. The topological polar surface area (TPSA) is 58.4 Å². The van der Waals surface area contributed by atoms with Gasteiger partial charge in [0.05, 0.1) is 0 Å². The summed E-state index contributed by atoms with van der Waals surface area (Å²) in [7, 11) is 2.02. The SMILES string of the molecule is CN(Cc1cccc(Br)c1)C(CN)CC(=O)NC1CC1. The molecule has 2 rings (SSSR count). The van der Waals surface area contributed by atoms with Gasteiger partial charge in [-0.1, -0.05) is 28.1 Å². The lowest BCUT2D eigenvalue weighted by molar-refractivity contribution is -0.122. The van der Waals surface area contributed by atoms with Gasteiger partial charge in [-0.05, 0) is 37.6 Å². The molecule has 1 aliphatic rings. The first-order valence-corrected chi connectivity index (χ1v) is 7.82. The molecule has 0 saturated heterocycles. The molecule has 0 bridgehead atoms. The average molecular weight is 340 g/mol. The van der Waals surface area contributed by atoms with Crippen LogP contribution in [0.1, 0.15) is 24.8 Å². The van der Waals surface area contributed by atoms with Crippen molar-refractivity contribution in [3.63, 3.8) is 0 Å². The van der Waals surface area contributed by atoms with Gasteiger partial charge >= 0.3 is 0 Å². The van der Waals surface area contributed by atoms with E-state index in [2.05, 4.69) is 38.3 Å². The van der Waals surface area contributed by atoms with Crippen LogP contribution in [-0.4, -0.2) is 36.5 Å². The van der Waals surface area contributed by atoms with Gasteiger partial charge in [0.2, 0.25) is 5.91 Å². The van der Waals surface area contributed by atoms with Crippen LogP contribution < -0.4 is 11.1 Å². The summed E-state index contributed by atoms with van der Waals surface area (Å²) in [5.41, 5.74) is 7.03. The summed E-state index contributed by atoms with van der Waals surface area (Å²) in [6.07, 6.45) is 2.71. The third-order valence-electron chi connectivity index (χ3n) is 3.58. The van der Waals surface area contributed by atoms with Crippen molar-refractivity contribution in [2.24, 2.45) is 5.73 Å². The lowest BCUT2D eigenvalue weighted by Crippen LogP contribution is -2.41. The number of nitrogens with zero attached hydrogens (tertiary/aromatic N) is 1. The molecule has 1 unspecified atom stereocenters. The minimum absolute atomic E-state index is 0.0766. The zero-order valence-corrected chi connectivity index (χ0v) is 13.4. The van der Waals surface area contributed by atoms with Crippen LogP contribution in [0, 0.1) is 0 Å². The molecule has 4 nitrogen and oxygen atoms in total. The van der Waals surface area contributed by atoms with Crippen LogP contribution in [-0.2, 0) is 11.3 Å². The Bertz CT molecular complexity index is 462. The van der Waals surface area contributed by atoms with Crippen LogP contribution >= 0.6 is 15.9 Å². The van der Waals surface area contributed by atoms with Gasteiger partial charge in [-0.3, -0.25) is 9.69 Å². The van der Waals surface area contributed by atoms with E-state index in [-0.39, 0.29) is 11.9 Å². The van der Waals surface area contributed by atoms with Crippen molar-refractivity contribution >= 4 is 21.8 Å². The molecular formula is C15H22BrN3O. The minimum atomic E-state index is 0.0766. The molecule has 0 radical (unpaired) electrons. The predicted octanol–water partition coefficient (Wildman–Crippen LogP) is 1.88. The fourth-order valence-corrected chi connectivity index (χ4v) is 2.65. The summed E-state index contributed by atoms with van der Waals surface area (Å²) in [6.45, 7) is 1.28. The van der Waals surface area contributed by atoms with Crippen molar-refractivity contribution in [3.05, 3.63) is 34.3 Å². The minimum Gasteiger partial charge on any atom is -0.353 e. The highest BCUT2D eigenvalue weighted by atomic mass is 79.9. The molecule has 0 aliphatic heterocycles.